The highest BCUT2D eigenvalue weighted by Gasteiger charge is 2.44. The average molecular weight is 1030 g/mol. The maximum atomic E-state index is 14.1. The van der Waals surface area contributed by atoms with Crippen LogP contribution in [0.4, 0.5) is 15.6 Å². The van der Waals surface area contributed by atoms with Crippen LogP contribution in [-0.4, -0.2) is 97.1 Å². The fraction of sp³-hybridized carbons (Fsp3) is 0.426. The van der Waals surface area contributed by atoms with Gasteiger partial charge < -0.3 is 35.4 Å². The molecule has 2 aromatic carbocycles. The van der Waals surface area contributed by atoms with Gasteiger partial charge in [-0.05, 0) is 105 Å². The maximum absolute atomic E-state index is 14.1. The SMILES string of the molecule is Cc1ncc(-c2ccc3nc(NC(=O)CCCCCOc4ccc(C(=O)N[C@H](C(=O)N5C[C@H](O)C[C@H]5C(=O)NCc5ccc(-c6scnc6C)cc5)C(C)(C)C)cn4)sc3c2)cc1NC(=O)OC1CCCCC1. The molecule has 73 heavy (non-hydrogen) atoms. The Morgan fingerprint density at radius 3 is 2.36 bits per heavy atom. The molecular formula is C54H63N9O8S2. The number of aliphatic hydroxyl groups is 1. The van der Waals surface area contributed by atoms with E-state index >= 15 is 0 Å². The zero-order valence-corrected chi connectivity index (χ0v) is 43.5. The molecule has 1 aliphatic heterocycles. The Bertz CT molecular complexity index is 2910. The number of rotatable bonds is 18. The number of hydrogen-bond acceptors (Lipinski definition) is 14. The van der Waals surface area contributed by atoms with Gasteiger partial charge in [0, 0.05) is 50.0 Å². The summed E-state index contributed by atoms with van der Waals surface area (Å²) >= 11 is 2.95. The lowest BCUT2D eigenvalue weighted by atomic mass is 9.85. The Balaban J connectivity index is 0.756. The Morgan fingerprint density at radius 1 is 0.849 bits per heavy atom. The highest BCUT2D eigenvalue weighted by molar-refractivity contribution is 7.22. The summed E-state index contributed by atoms with van der Waals surface area (Å²) in [7, 11) is 0. The zero-order valence-electron chi connectivity index (χ0n) is 41.9. The van der Waals surface area contributed by atoms with Crippen molar-refractivity contribution < 1.29 is 38.6 Å². The fourth-order valence-corrected chi connectivity index (χ4v) is 10.7. The second-order valence-electron chi connectivity index (χ2n) is 19.8. The molecule has 6 aromatic rings. The molecule has 5 amide bonds. The number of thiazole rings is 2. The van der Waals surface area contributed by atoms with Crippen molar-refractivity contribution in [1.29, 1.82) is 0 Å². The molecule has 17 nitrogen and oxygen atoms in total. The molecule has 1 saturated heterocycles. The van der Waals surface area contributed by atoms with Gasteiger partial charge in [0.15, 0.2) is 5.13 Å². The van der Waals surface area contributed by atoms with E-state index < -0.39 is 41.5 Å². The fourth-order valence-electron chi connectivity index (χ4n) is 8.97. The monoisotopic (exact) mass is 1030 g/mol. The van der Waals surface area contributed by atoms with Gasteiger partial charge in [0.25, 0.3) is 5.91 Å². The molecule has 0 unspecified atom stereocenters. The largest absolute Gasteiger partial charge is 0.478 e. The Morgan fingerprint density at radius 2 is 1.63 bits per heavy atom. The second kappa shape index (κ2) is 23.8. The number of amides is 5. The number of aromatic nitrogens is 4. The number of carbonyl (C=O) groups excluding carboxylic acids is 5. The molecule has 0 radical (unpaired) electrons. The summed E-state index contributed by atoms with van der Waals surface area (Å²) in [6, 6.07) is 16.8. The highest BCUT2D eigenvalue weighted by atomic mass is 32.1. The molecule has 2 fully saturated rings. The number of β-amino-alcohol motifs (C(OH)–C–C–N with tert-alkyl or cyclic N) is 1. The second-order valence-corrected chi connectivity index (χ2v) is 21.7. The number of aliphatic hydroxyl groups excluding tert-OH is 1. The number of anilines is 2. The normalized spacial score (nSPS) is 16.4. The smallest absolute Gasteiger partial charge is 0.411 e. The molecule has 5 heterocycles. The van der Waals surface area contributed by atoms with Crippen LogP contribution in [0.2, 0.25) is 0 Å². The minimum atomic E-state index is -1.01. The first-order chi connectivity index (χ1) is 35.1. The van der Waals surface area contributed by atoms with Gasteiger partial charge in [-0.2, -0.15) is 0 Å². The van der Waals surface area contributed by atoms with Crippen LogP contribution in [-0.2, 0) is 25.7 Å². The van der Waals surface area contributed by atoms with E-state index in [4.69, 9.17) is 9.47 Å². The molecule has 4 aromatic heterocycles. The van der Waals surface area contributed by atoms with Crippen molar-refractivity contribution in [3.8, 4) is 27.4 Å². The number of hydrogen-bond donors (Lipinski definition) is 5. The molecule has 1 saturated carbocycles. The van der Waals surface area contributed by atoms with Gasteiger partial charge in [0.2, 0.25) is 23.6 Å². The first kappa shape index (κ1) is 52.5. The number of unbranched alkanes of at least 4 members (excludes halogenated alkanes) is 2. The zero-order chi connectivity index (χ0) is 51.6. The van der Waals surface area contributed by atoms with E-state index in [0.29, 0.717) is 48.3 Å². The summed E-state index contributed by atoms with van der Waals surface area (Å²) < 4.78 is 12.4. The molecular weight excluding hydrogens is 967 g/mol. The van der Waals surface area contributed by atoms with Crippen LogP contribution < -0.4 is 26.0 Å². The molecule has 3 atom stereocenters. The van der Waals surface area contributed by atoms with Crippen LogP contribution >= 0.6 is 22.7 Å². The predicted molar refractivity (Wildman–Crippen MR) is 282 cm³/mol. The van der Waals surface area contributed by atoms with Crippen LogP contribution in [0.3, 0.4) is 0 Å². The summed E-state index contributed by atoms with van der Waals surface area (Å²) in [5, 5.41) is 22.7. The third kappa shape index (κ3) is 13.8. The Labute approximate surface area is 432 Å². The van der Waals surface area contributed by atoms with Crippen molar-refractivity contribution >= 4 is 73.4 Å². The maximum Gasteiger partial charge on any atom is 0.411 e. The van der Waals surface area contributed by atoms with Gasteiger partial charge in [-0.25, -0.2) is 19.7 Å². The summed E-state index contributed by atoms with van der Waals surface area (Å²) in [6.45, 7) is 9.85. The topological polar surface area (TPSA) is 227 Å². The van der Waals surface area contributed by atoms with Crippen molar-refractivity contribution in [3.05, 3.63) is 101 Å². The average Bonchev–Trinajstić information content (AvgIpc) is 4.11. The van der Waals surface area contributed by atoms with E-state index in [1.54, 1.807) is 29.7 Å². The number of carbonyl (C=O) groups is 5. The minimum absolute atomic E-state index is 0.0355. The molecule has 8 rings (SSSR count). The standard InChI is InChI=1S/C54H63N9O8S2/c1-32-42(60-53(69)71-40-12-8-6-9-13-40)24-38(29-55-32)36-19-21-41-44(25-36)73-52(59-41)61-45(65)14-10-7-11-23-70-46-22-20-37(28-56-46)49(66)62-48(54(3,4)5)51(68)63-30-39(64)26-43(63)50(67)57-27-34-15-17-35(18-16-34)47-33(2)58-31-72-47/h15-22,24-25,28-29,31,39-40,43,48,64H,6-14,23,26-27,30H2,1-5H3,(H,57,67)(H,60,69)(H,62,66)(H,59,61,65)/t39-,43+,48-/m1/s1. The van der Waals surface area contributed by atoms with Crippen molar-refractivity contribution in [2.75, 3.05) is 23.8 Å². The Kier molecular flexibility index (Phi) is 17.1. The number of fused-ring (bicyclic) bond motifs is 1. The summed E-state index contributed by atoms with van der Waals surface area (Å²) in [6.07, 6.45) is 9.28. The third-order valence-corrected chi connectivity index (χ3v) is 15.0. The predicted octanol–water partition coefficient (Wildman–Crippen LogP) is 9.38. The molecule has 0 spiro atoms. The van der Waals surface area contributed by atoms with Crippen molar-refractivity contribution in [1.82, 2.24) is 35.5 Å². The van der Waals surface area contributed by atoms with Gasteiger partial charge in [0.05, 0.1) is 56.0 Å². The lowest BCUT2D eigenvalue weighted by molar-refractivity contribution is -0.142. The van der Waals surface area contributed by atoms with Crippen LogP contribution in [0.1, 0.15) is 112 Å². The van der Waals surface area contributed by atoms with E-state index in [0.717, 1.165) is 75.1 Å². The van der Waals surface area contributed by atoms with E-state index in [9.17, 15) is 29.1 Å². The lowest BCUT2D eigenvalue weighted by Gasteiger charge is -2.35. The van der Waals surface area contributed by atoms with E-state index in [2.05, 4.69) is 41.2 Å². The summed E-state index contributed by atoms with van der Waals surface area (Å²) in [5.74, 6) is -1.17. The van der Waals surface area contributed by atoms with Crippen LogP contribution in [0.5, 0.6) is 5.88 Å². The first-order valence-electron chi connectivity index (χ1n) is 24.9. The van der Waals surface area contributed by atoms with Gasteiger partial charge in [-0.15, -0.1) is 11.3 Å². The molecule has 384 valence electrons. The number of nitrogens with one attached hydrogen (secondary N) is 4. The number of ether oxygens (including phenoxy) is 2. The molecule has 19 heteroatoms. The highest BCUT2D eigenvalue weighted by Crippen LogP contribution is 2.33. The number of benzene rings is 2. The minimum Gasteiger partial charge on any atom is -0.478 e. The number of nitrogens with zero attached hydrogens (tertiary/aromatic N) is 5. The quantitative estimate of drug-likeness (QED) is 0.0508. The van der Waals surface area contributed by atoms with Crippen LogP contribution in [0, 0.1) is 19.3 Å². The number of aryl methyl sites for hydroxylation is 2. The van der Waals surface area contributed by atoms with E-state index in [-0.39, 0.29) is 43.0 Å². The van der Waals surface area contributed by atoms with Crippen molar-refractivity contribution in [2.45, 2.75) is 130 Å². The first-order valence-corrected chi connectivity index (χ1v) is 26.6. The van der Waals surface area contributed by atoms with E-state index in [1.807, 2.05) is 88.7 Å². The summed E-state index contributed by atoms with van der Waals surface area (Å²) in [5.41, 5.74) is 7.95. The number of likely N-dealkylation sites (tertiary alicyclic amines) is 1. The lowest BCUT2D eigenvalue weighted by Crippen LogP contribution is -2.57. The van der Waals surface area contributed by atoms with E-state index in [1.165, 1.54) is 28.9 Å². The molecule has 0 bridgehead atoms. The number of pyridine rings is 2. The third-order valence-electron chi connectivity index (χ3n) is 13.1. The van der Waals surface area contributed by atoms with Crippen molar-refractivity contribution in [2.24, 2.45) is 5.41 Å². The van der Waals surface area contributed by atoms with Gasteiger partial charge in [-0.3, -0.25) is 29.5 Å². The molecule has 1 aliphatic carbocycles. The van der Waals surface area contributed by atoms with Gasteiger partial charge >= 0.3 is 6.09 Å². The van der Waals surface area contributed by atoms with Crippen molar-refractivity contribution in [3.63, 3.8) is 0 Å². The van der Waals surface area contributed by atoms with Gasteiger partial charge in [0.1, 0.15) is 18.2 Å². The molecule has 5 N–H and O–H groups in total. The van der Waals surface area contributed by atoms with Crippen LogP contribution in [0.15, 0.2) is 78.6 Å². The van der Waals surface area contributed by atoms with Crippen LogP contribution in [0.25, 0.3) is 31.8 Å². The molecule has 2 aliphatic rings. The summed E-state index contributed by atoms with van der Waals surface area (Å²) in [4.78, 5) is 86.9. The van der Waals surface area contributed by atoms with Gasteiger partial charge in [-0.1, -0.05) is 68.9 Å². The Hall–Kier alpha value is -6.83.